The maximum atomic E-state index is 6.04. The van der Waals surface area contributed by atoms with Gasteiger partial charge in [-0.2, -0.15) is 0 Å². The van der Waals surface area contributed by atoms with Crippen LogP contribution in [0.1, 0.15) is 63.1 Å². The van der Waals surface area contributed by atoms with Crippen LogP contribution in [0, 0.1) is 18.8 Å². The molecule has 3 aromatic rings. The Kier molecular flexibility index (Phi) is 5.64. The van der Waals surface area contributed by atoms with Crippen LogP contribution in [-0.4, -0.2) is 36.1 Å². The second kappa shape index (κ2) is 8.36. The number of hydrogen-bond donors (Lipinski definition) is 1. The third kappa shape index (κ3) is 3.61. The van der Waals surface area contributed by atoms with Gasteiger partial charge in [-0.25, -0.2) is 24.9 Å². The molecule has 0 spiro atoms. The van der Waals surface area contributed by atoms with Crippen LogP contribution in [0.4, 0.5) is 5.95 Å². The van der Waals surface area contributed by atoms with Crippen LogP contribution >= 0.6 is 0 Å². The summed E-state index contributed by atoms with van der Waals surface area (Å²) in [6, 6.07) is 0. The molecule has 0 saturated heterocycles. The number of aromatic nitrogens is 6. The molecule has 0 radical (unpaired) electrons. The molecule has 0 aromatic carbocycles. The van der Waals surface area contributed by atoms with Crippen molar-refractivity contribution in [3.05, 3.63) is 23.9 Å². The highest BCUT2D eigenvalue weighted by molar-refractivity contribution is 5.78. The first-order valence-corrected chi connectivity index (χ1v) is 10.6. The monoisotopic (exact) mass is 405 g/mol. The van der Waals surface area contributed by atoms with E-state index in [9.17, 15) is 0 Å². The van der Waals surface area contributed by atoms with Gasteiger partial charge in [-0.3, -0.25) is 0 Å². The minimum atomic E-state index is 0.105. The molecular weight excluding hydrogens is 378 g/mol. The van der Waals surface area contributed by atoms with E-state index in [2.05, 4.69) is 27.4 Å². The molecule has 2 aliphatic carbocycles. The maximum Gasteiger partial charge on any atom is 0.219 e. The van der Waals surface area contributed by atoms with E-state index in [0.29, 0.717) is 24.3 Å². The highest BCUT2D eigenvalue weighted by atomic mass is 16.5. The summed E-state index contributed by atoms with van der Waals surface area (Å²) >= 11 is 0. The topological polar surface area (TPSA) is 105 Å². The second-order valence-corrected chi connectivity index (χ2v) is 7.46. The SMILES string of the molecule is C#C.CC.Nc1ncc(-c2nc(C3CC3)c3nc4n(c3n2)CCOC4C2CC2)cn1. The summed E-state index contributed by atoms with van der Waals surface area (Å²) in [5.74, 6) is 3.01. The van der Waals surface area contributed by atoms with Crippen LogP contribution in [0.2, 0.25) is 0 Å². The molecule has 30 heavy (non-hydrogen) atoms. The van der Waals surface area contributed by atoms with E-state index >= 15 is 0 Å². The summed E-state index contributed by atoms with van der Waals surface area (Å²) < 4.78 is 8.27. The number of nitrogens with two attached hydrogens (primary N) is 1. The van der Waals surface area contributed by atoms with Gasteiger partial charge in [0.25, 0.3) is 0 Å². The summed E-state index contributed by atoms with van der Waals surface area (Å²) in [4.78, 5) is 22.8. The second-order valence-electron chi connectivity index (χ2n) is 7.46. The Bertz CT molecular complexity index is 1050. The minimum absolute atomic E-state index is 0.105. The highest BCUT2D eigenvalue weighted by Crippen LogP contribution is 2.47. The minimum Gasteiger partial charge on any atom is -0.368 e. The molecule has 0 amide bonds. The van der Waals surface area contributed by atoms with Crippen molar-refractivity contribution in [2.24, 2.45) is 5.92 Å². The van der Waals surface area contributed by atoms with Crippen molar-refractivity contribution in [1.82, 2.24) is 29.5 Å². The lowest BCUT2D eigenvalue weighted by atomic mass is 10.2. The number of imidazole rings is 1. The third-order valence-corrected chi connectivity index (χ3v) is 5.46. The van der Waals surface area contributed by atoms with E-state index in [0.717, 1.165) is 47.6 Å². The Labute approximate surface area is 176 Å². The summed E-state index contributed by atoms with van der Waals surface area (Å²) in [5.41, 5.74) is 9.31. The predicted molar refractivity (Wildman–Crippen MR) is 115 cm³/mol. The lowest BCUT2D eigenvalue weighted by molar-refractivity contribution is 0.00385. The van der Waals surface area contributed by atoms with E-state index in [1.54, 1.807) is 12.4 Å². The molecule has 1 aliphatic heterocycles. The molecule has 2 fully saturated rings. The zero-order chi connectivity index (χ0) is 21.3. The molecular formula is C22H27N7O. The van der Waals surface area contributed by atoms with E-state index in [4.69, 9.17) is 25.4 Å². The van der Waals surface area contributed by atoms with Gasteiger partial charge in [0.1, 0.15) is 17.4 Å². The van der Waals surface area contributed by atoms with Crippen molar-refractivity contribution in [3.63, 3.8) is 0 Å². The maximum absolute atomic E-state index is 6.04. The van der Waals surface area contributed by atoms with Crippen molar-refractivity contribution >= 4 is 17.1 Å². The molecule has 2 N–H and O–H groups in total. The van der Waals surface area contributed by atoms with Gasteiger partial charge >= 0.3 is 0 Å². The van der Waals surface area contributed by atoms with Gasteiger partial charge < -0.3 is 15.0 Å². The van der Waals surface area contributed by atoms with E-state index in [1.165, 1.54) is 12.8 Å². The number of fused-ring (bicyclic) bond motifs is 3. The predicted octanol–water partition coefficient (Wildman–Crippen LogP) is 3.50. The van der Waals surface area contributed by atoms with Gasteiger partial charge in [-0.1, -0.05) is 13.8 Å². The number of nitrogen functional groups attached to an aromatic ring is 1. The number of nitrogens with zero attached hydrogens (tertiary/aromatic N) is 6. The largest absolute Gasteiger partial charge is 0.368 e. The van der Waals surface area contributed by atoms with Crippen molar-refractivity contribution in [3.8, 4) is 24.2 Å². The number of ether oxygens (including phenoxy) is 1. The van der Waals surface area contributed by atoms with Crippen molar-refractivity contribution in [1.29, 1.82) is 0 Å². The Hall–Kier alpha value is -3.05. The highest BCUT2D eigenvalue weighted by Gasteiger charge is 2.40. The molecule has 8 heteroatoms. The molecule has 3 aromatic heterocycles. The van der Waals surface area contributed by atoms with Crippen molar-refractivity contribution in [2.75, 3.05) is 12.3 Å². The summed E-state index contributed by atoms with van der Waals surface area (Å²) in [7, 11) is 0. The van der Waals surface area contributed by atoms with Crippen LogP contribution in [-0.2, 0) is 11.3 Å². The van der Waals surface area contributed by atoms with Crippen LogP contribution in [0.15, 0.2) is 12.4 Å². The molecule has 1 atom stereocenters. The smallest absolute Gasteiger partial charge is 0.219 e. The van der Waals surface area contributed by atoms with E-state index < -0.39 is 0 Å². The fraction of sp³-hybridized carbons (Fsp3) is 0.500. The van der Waals surface area contributed by atoms with Crippen molar-refractivity contribution in [2.45, 2.75) is 58.1 Å². The van der Waals surface area contributed by atoms with Gasteiger partial charge in [-0.15, -0.1) is 12.8 Å². The molecule has 2 saturated carbocycles. The summed E-state index contributed by atoms with van der Waals surface area (Å²) in [5, 5.41) is 0. The number of anilines is 1. The lowest BCUT2D eigenvalue weighted by Crippen LogP contribution is -2.23. The van der Waals surface area contributed by atoms with E-state index in [1.807, 2.05) is 13.8 Å². The quantitative estimate of drug-likeness (QED) is 0.665. The molecule has 3 aliphatic rings. The number of rotatable bonds is 3. The fourth-order valence-electron chi connectivity index (χ4n) is 3.79. The summed E-state index contributed by atoms with van der Waals surface area (Å²) in [6.07, 6.45) is 16.2. The molecule has 6 rings (SSSR count). The molecule has 156 valence electrons. The zero-order valence-corrected chi connectivity index (χ0v) is 17.5. The van der Waals surface area contributed by atoms with Crippen LogP contribution in [0.25, 0.3) is 22.6 Å². The first-order valence-electron chi connectivity index (χ1n) is 10.6. The standard InChI is InChI=1S/C18H19N7O.C2H6.C2H2/c19-18-20-7-11(8-21-18)15-22-12(9-1-2-9)13-16(24-15)25-5-6-26-14(10-3-4-10)17(25)23-13;2*1-2/h7-10,14H,1-6H2,(H2,19,20,21);1-2H3;1-2H. The van der Waals surface area contributed by atoms with Gasteiger partial charge in [0.05, 0.1) is 17.9 Å². The van der Waals surface area contributed by atoms with Crippen LogP contribution < -0.4 is 5.73 Å². The first-order chi connectivity index (χ1) is 14.8. The molecule has 4 heterocycles. The zero-order valence-electron chi connectivity index (χ0n) is 17.5. The van der Waals surface area contributed by atoms with Gasteiger partial charge in [-0.05, 0) is 31.6 Å². The normalized spacial score (nSPS) is 19.8. The fourth-order valence-corrected chi connectivity index (χ4v) is 3.79. The Morgan fingerprint density at radius 1 is 1.03 bits per heavy atom. The van der Waals surface area contributed by atoms with Crippen LogP contribution in [0.5, 0.6) is 0 Å². The third-order valence-electron chi connectivity index (χ3n) is 5.46. The average molecular weight is 406 g/mol. The number of terminal acetylenes is 1. The Balaban J connectivity index is 0.000000516. The van der Waals surface area contributed by atoms with Crippen molar-refractivity contribution < 1.29 is 4.74 Å². The van der Waals surface area contributed by atoms with Crippen LogP contribution in [0.3, 0.4) is 0 Å². The Morgan fingerprint density at radius 3 is 2.37 bits per heavy atom. The van der Waals surface area contributed by atoms with E-state index in [-0.39, 0.29) is 12.1 Å². The average Bonchev–Trinajstić information content (AvgIpc) is 3.72. The molecule has 0 bridgehead atoms. The van der Waals surface area contributed by atoms with Gasteiger partial charge in [0.15, 0.2) is 11.5 Å². The summed E-state index contributed by atoms with van der Waals surface area (Å²) in [6.45, 7) is 5.50. The number of hydrogen-bond acceptors (Lipinski definition) is 7. The molecule has 8 nitrogen and oxygen atoms in total. The lowest BCUT2D eigenvalue weighted by Gasteiger charge is -2.23. The Morgan fingerprint density at radius 2 is 1.73 bits per heavy atom. The van der Waals surface area contributed by atoms with Gasteiger partial charge in [0.2, 0.25) is 5.95 Å². The molecule has 1 unspecified atom stereocenters. The van der Waals surface area contributed by atoms with Gasteiger partial charge in [0, 0.05) is 24.9 Å². The first kappa shape index (κ1) is 20.2.